The second-order valence-electron chi connectivity index (χ2n) is 4.24. The molecule has 0 N–H and O–H groups in total. The van der Waals surface area contributed by atoms with Crippen LogP contribution < -0.4 is 0 Å². The SMILES string of the molecule is [C]1=C(C2CCCCCC2)CCC1. The molecule has 1 radical (unpaired) electrons. The van der Waals surface area contributed by atoms with Crippen molar-refractivity contribution in [3.8, 4) is 0 Å². The summed E-state index contributed by atoms with van der Waals surface area (Å²) in [5.74, 6) is 0.940. The van der Waals surface area contributed by atoms with Gasteiger partial charge in [-0.3, -0.25) is 0 Å². The van der Waals surface area contributed by atoms with E-state index >= 15 is 0 Å². The first-order chi connectivity index (χ1) is 5.97. The Labute approximate surface area is 76.1 Å². The van der Waals surface area contributed by atoms with Gasteiger partial charge in [-0.1, -0.05) is 31.3 Å². The van der Waals surface area contributed by atoms with Crippen LogP contribution in [-0.2, 0) is 0 Å². The normalized spacial score (nSPS) is 26.8. The zero-order valence-corrected chi connectivity index (χ0v) is 7.94. The van der Waals surface area contributed by atoms with Gasteiger partial charge in [0, 0.05) is 0 Å². The lowest BCUT2D eigenvalue weighted by Crippen LogP contribution is -2.00. The Hall–Kier alpha value is -0.260. The molecule has 0 bridgehead atoms. The Bertz CT molecular complexity index is 159. The third-order valence-electron chi connectivity index (χ3n) is 3.32. The smallest absolute Gasteiger partial charge is 0.0197 e. The Morgan fingerprint density at radius 2 is 1.67 bits per heavy atom. The molecule has 2 aliphatic carbocycles. The van der Waals surface area contributed by atoms with E-state index in [0.29, 0.717) is 0 Å². The molecule has 1 fully saturated rings. The van der Waals surface area contributed by atoms with Crippen molar-refractivity contribution in [2.75, 3.05) is 0 Å². The van der Waals surface area contributed by atoms with Crippen molar-refractivity contribution in [1.82, 2.24) is 0 Å². The Morgan fingerprint density at radius 3 is 2.25 bits per heavy atom. The lowest BCUT2D eigenvalue weighted by molar-refractivity contribution is 0.517. The van der Waals surface area contributed by atoms with Crippen LogP contribution in [-0.4, -0.2) is 0 Å². The van der Waals surface area contributed by atoms with E-state index in [2.05, 4.69) is 6.08 Å². The summed E-state index contributed by atoms with van der Waals surface area (Å²) in [6, 6.07) is 0. The maximum Gasteiger partial charge on any atom is -0.0197 e. The maximum absolute atomic E-state index is 3.57. The summed E-state index contributed by atoms with van der Waals surface area (Å²) in [6.07, 6.45) is 16.4. The molecule has 2 aliphatic rings. The highest BCUT2D eigenvalue weighted by atomic mass is 14.2. The Morgan fingerprint density at radius 1 is 0.917 bits per heavy atom. The molecule has 0 aromatic heterocycles. The number of hydrogen-bond donors (Lipinski definition) is 0. The van der Waals surface area contributed by atoms with Gasteiger partial charge in [0.2, 0.25) is 0 Å². The van der Waals surface area contributed by atoms with E-state index in [9.17, 15) is 0 Å². The molecule has 0 aromatic rings. The highest BCUT2D eigenvalue weighted by molar-refractivity contribution is 5.07. The summed E-state index contributed by atoms with van der Waals surface area (Å²) in [6.45, 7) is 0. The van der Waals surface area contributed by atoms with E-state index in [4.69, 9.17) is 0 Å². The first-order valence-corrected chi connectivity index (χ1v) is 5.56. The van der Waals surface area contributed by atoms with Crippen LogP contribution >= 0.6 is 0 Å². The average Bonchev–Trinajstić information content (AvgIpc) is 2.48. The van der Waals surface area contributed by atoms with Crippen LogP contribution in [0.4, 0.5) is 0 Å². The fourth-order valence-corrected chi connectivity index (χ4v) is 2.59. The van der Waals surface area contributed by atoms with Crippen molar-refractivity contribution in [1.29, 1.82) is 0 Å². The molecule has 1 saturated carbocycles. The van der Waals surface area contributed by atoms with Gasteiger partial charge in [-0.2, -0.15) is 0 Å². The zero-order chi connectivity index (χ0) is 8.23. The van der Waals surface area contributed by atoms with Gasteiger partial charge in [0.25, 0.3) is 0 Å². The molecule has 0 atom stereocenters. The van der Waals surface area contributed by atoms with Crippen LogP contribution in [0.2, 0.25) is 0 Å². The fourth-order valence-electron chi connectivity index (χ4n) is 2.59. The second-order valence-corrected chi connectivity index (χ2v) is 4.24. The van der Waals surface area contributed by atoms with Crippen molar-refractivity contribution >= 4 is 0 Å². The monoisotopic (exact) mass is 163 g/mol. The molecule has 0 saturated heterocycles. The van der Waals surface area contributed by atoms with Gasteiger partial charge in [0.1, 0.15) is 0 Å². The van der Waals surface area contributed by atoms with Gasteiger partial charge in [0.05, 0.1) is 0 Å². The lowest BCUT2D eigenvalue weighted by atomic mass is 9.91. The van der Waals surface area contributed by atoms with Gasteiger partial charge >= 0.3 is 0 Å². The average molecular weight is 163 g/mol. The van der Waals surface area contributed by atoms with E-state index in [0.717, 1.165) is 5.92 Å². The summed E-state index contributed by atoms with van der Waals surface area (Å²) >= 11 is 0. The molecule has 0 aromatic carbocycles. The van der Waals surface area contributed by atoms with Crippen molar-refractivity contribution in [2.45, 2.75) is 57.8 Å². The zero-order valence-electron chi connectivity index (χ0n) is 7.94. The summed E-state index contributed by atoms with van der Waals surface area (Å²) in [5, 5.41) is 0. The van der Waals surface area contributed by atoms with Crippen LogP contribution in [0.1, 0.15) is 57.8 Å². The topological polar surface area (TPSA) is 0 Å². The minimum atomic E-state index is 0.940. The number of hydrogen-bond acceptors (Lipinski definition) is 0. The molecule has 67 valence electrons. The molecule has 2 rings (SSSR count). The molecule has 0 heteroatoms. The van der Waals surface area contributed by atoms with E-state index in [1.807, 2.05) is 0 Å². The summed E-state index contributed by atoms with van der Waals surface area (Å²) < 4.78 is 0. The summed E-state index contributed by atoms with van der Waals surface area (Å²) in [5.41, 5.74) is 1.69. The Balaban J connectivity index is 1.91. The molecule has 0 heterocycles. The van der Waals surface area contributed by atoms with Crippen LogP contribution in [0, 0.1) is 12.0 Å². The van der Waals surface area contributed by atoms with E-state index < -0.39 is 0 Å². The maximum atomic E-state index is 3.57. The van der Waals surface area contributed by atoms with Crippen molar-refractivity contribution in [2.24, 2.45) is 5.92 Å². The Kier molecular flexibility index (Phi) is 2.86. The largest absolute Gasteiger partial charge is 0.0636 e. The standard InChI is InChI=1S/C12H19/c1-2-4-8-11(7-3-1)12-9-5-6-10-12/h11H,1-9H2. The predicted octanol–water partition coefficient (Wildman–Crippen LogP) is 3.87. The first kappa shape index (κ1) is 8.34. The highest BCUT2D eigenvalue weighted by Crippen LogP contribution is 2.33. The van der Waals surface area contributed by atoms with Crippen LogP contribution in [0.25, 0.3) is 0 Å². The van der Waals surface area contributed by atoms with Crippen LogP contribution in [0.3, 0.4) is 0 Å². The van der Waals surface area contributed by atoms with Gasteiger partial charge in [-0.05, 0) is 44.1 Å². The molecule has 0 nitrogen and oxygen atoms in total. The lowest BCUT2D eigenvalue weighted by Gasteiger charge is -2.14. The van der Waals surface area contributed by atoms with Crippen LogP contribution in [0.5, 0.6) is 0 Å². The molecule has 0 spiro atoms. The first-order valence-electron chi connectivity index (χ1n) is 5.56. The van der Waals surface area contributed by atoms with E-state index in [-0.39, 0.29) is 0 Å². The molecular weight excluding hydrogens is 144 g/mol. The van der Waals surface area contributed by atoms with Gasteiger partial charge in [0.15, 0.2) is 0 Å². The highest BCUT2D eigenvalue weighted by Gasteiger charge is 2.18. The van der Waals surface area contributed by atoms with Gasteiger partial charge in [-0.15, -0.1) is 0 Å². The molecule has 0 aliphatic heterocycles. The molecule has 0 amide bonds. The van der Waals surface area contributed by atoms with E-state index in [1.54, 1.807) is 5.57 Å². The van der Waals surface area contributed by atoms with Crippen molar-refractivity contribution in [3.05, 3.63) is 11.6 Å². The van der Waals surface area contributed by atoms with E-state index in [1.165, 1.54) is 57.8 Å². The second kappa shape index (κ2) is 4.11. The minimum Gasteiger partial charge on any atom is -0.0636 e. The number of rotatable bonds is 1. The van der Waals surface area contributed by atoms with Crippen LogP contribution in [0.15, 0.2) is 5.57 Å². The quantitative estimate of drug-likeness (QED) is 0.515. The molecular formula is C12H19. The van der Waals surface area contributed by atoms with Crippen molar-refractivity contribution < 1.29 is 0 Å². The summed E-state index contributed by atoms with van der Waals surface area (Å²) in [4.78, 5) is 0. The van der Waals surface area contributed by atoms with Gasteiger partial charge in [-0.25, -0.2) is 0 Å². The summed E-state index contributed by atoms with van der Waals surface area (Å²) in [7, 11) is 0. The third-order valence-corrected chi connectivity index (χ3v) is 3.32. The van der Waals surface area contributed by atoms with Crippen molar-refractivity contribution in [3.63, 3.8) is 0 Å². The fraction of sp³-hybridized carbons (Fsp3) is 0.833. The molecule has 12 heavy (non-hydrogen) atoms. The molecule has 0 unspecified atom stereocenters. The predicted molar refractivity (Wildman–Crippen MR) is 51.8 cm³/mol. The minimum absolute atomic E-state index is 0.940. The third kappa shape index (κ3) is 1.91. The number of allylic oxidation sites excluding steroid dienone is 2. The van der Waals surface area contributed by atoms with Gasteiger partial charge < -0.3 is 0 Å².